The van der Waals surface area contributed by atoms with E-state index >= 15 is 0 Å². The number of hydrogen-bond acceptors (Lipinski definition) is 3. The standard InChI is InChI=1S/C13H12N2O2.V.Y/c1-8-4-5-11(9(2)6-8)12(16)15-13-14-7-10(3)17-13;;/h5,7H,1-3H3,(H,14,15,16);;/q-2;;. The van der Waals surface area contributed by atoms with Crippen LogP contribution in [0.2, 0.25) is 0 Å². The number of carbonyl (C=O) groups is 1. The van der Waals surface area contributed by atoms with Crippen LogP contribution in [0.1, 0.15) is 27.2 Å². The fourth-order valence-electron chi connectivity index (χ4n) is 1.49. The number of aromatic nitrogens is 1. The second-order valence-electron chi connectivity index (χ2n) is 3.81. The number of aryl methyl sites for hydroxylation is 3. The topological polar surface area (TPSA) is 55.1 Å². The number of hydrogen-bond donors (Lipinski definition) is 1. The summed E-state index contributed by atoms with van der Waals surface area (Å²) in [4.78, 5) is 15.8. The molecule has 1 aromatic carbocycles. The van der Waals surface area contributed by atoms with Crippen LogP contribution in [0.3, 0.4) is 0 Å². The second-order valence-corrected chi connectivity index (χ2v) is 3.81. The van der Waals surface area contributed by atoms with Crippen molar-refractivity contribution in [1.82, 2.24) is 4.98 Å². The number of oxazole rings is 1. The van der Waals surface area contributed by atoms with Gasteiger partial charge in [0.1, 0.15) is 11.7 Å². The van der Waals surface area contributed by atoms with E-state index in [1.807, 2.05) is 13.8 Å². The summed E-state index contributed by atoms with van der Waals surface area (Å²) in [5, 5.41) is 2.58. The maximum Gasteiger partial charge on any atom is 0.300 e. The zero-order valence-corrected chi connectivity index (χ0v) is 15.2. The van der Waals surface area contributed by atoms with Gasteiger partial charge in [0.05, 0.1) is 6.20 Å². The Morgan fingerprint density at radius 2 is 2.05 bits per heavy atom. The van der Waals surface area contributed by atoms with Gasteiger partial charge < -0.3 is 16.5 Å². The van der Waals surface area contributed by atoms with Crippen LogP contribution in [0.4, 0.5) is 6.01 Å². The number of nitrogens with zero attached hydrogens (tertiary/aromatic N) is 1. The molecule has 0 aliphatic heterocycles. The molecule has 2 aromatic rings. The first kappa shape index (κ1) is 18.6. The van der Waals surface area contributed by atoms with Crippen molar-refractivity contribution in [2.24, 2.45) is 0 Å². The Bertz CT molecular complexity index is 570. The van der Waals surface area contributed by atoms with Gasteiger partial charge in [0.15, 0.2) is 0 Å². The predicted molar refractivity (Wildman–Crippen MR) is 62.8 cm³/mol. The first-order chi connectivity index (χ1) is 8.06. The molecule has 6 heteroatoms. The van der Waals surface area contributed by atoms with Gasteiger partial charge in [0.2, 0.25) is 0 Å². The Balaban J connectivity index is 0.00000162. The number of carbonyl (C=O) groups excluding carboxylic acids is 1. The Hall–Kier alpha value is -0.412. The largest absolute Gasteiger partial charge is 0.429 e. The molecule has 1 N–H and O–H groups in total. The zero-order valence-electron chi connectivity index (χ0n) is 10.9. The van der Waals surface area contributed by atoms with Gasteiger partial charge in [0.25, 0.3) is 6.01 Å². The van der Waals surface area contributed by atoms with E-state index in [1.165, 1.54) is 0 Å². The molecule has 0 fully saturated rings. The van der Waals surface area contributed by atoms with Gasteiger partial charge >= 0.3 is 0 Å². The molecule has 0 unspecified atom stereocenters. The molecule has 0 atom stereocenters. The van der Waals surface area contributed by atoms with Gasteiger partial charge in [0, 0.05) is 51.3 Å². The minimum atomic E-state index is -0.267. The molecule has 0 saturated heterocycles. The molecule has 19 heavy (non-hydrogen) atoms. The van der Waals surface area contributed by atoms with Crippen LogP contribution in [0.5, 0.6) is 0 Å². The van der Waals surface area contributed by atoms with E-state index < -0.39 is 0 Å². The number of nitrogens with one attached hydrogen (secondary N) is 1. The summed E-state index contributed by atoms with van der Waals surface area (Å²) in [5.74, 6) is 0.385. The van der Waals surface area contributed by atoms with E-state index in [4.69, 9.17) is 4.42 Å². The first-order valence-electron chi connectivity index (χ1n) is 5.21. The van der Waals surface area contributed by atoms with E-state index in [0.29, 0.717) is 11.3 Å². The fourth-order valence-corrected chi connectivity index (χ4v) is 1.49. The van der Waals surface area contributed by atoms with Gasteiger partial charge in [-0.25, -0.2) is 4.98 Å². The summed E-state index contributed by atoms with van der Waals surface area (Å²) in [6, 6.07) is 7.83. The van der Waals surface area contributed by atoms with E-state index in [2.05, 4.69) is 22.4 Å². The molecular formula is C13H12N2O2VY-2. The molecule has 0 bridgehead atoms. The second kappa shape index (κ2) is 8.01. The van der Waals surface area contributed by atoms with Crippen molar-refractivity contribution in [1.29, 1.82) is 0 Å². The Labute approximate surface area is 149 Å². The third kappa shape index (κ3) is 4.88. The minimum absolute atomic E-state index is 0. The van der Waals surface area contributed by atoms with Crippen molar-refractivity contribution in [3.05, 3.63) is 46.8 Å². The number of anilines is 1. The van der Waals surface area contributed by atoms with E-state index in [-0.39, 0.29) is 63.2 Å². The fraction of sp³-hybridized carbons (Fsp3) is 0.231. The number of benzene rings is 1. The Kier molecular flexibility index (Phi) is 7.83. The molecule has 1 heterocycles. The monoisotopic (exact) mass is 368 g/mol. The molecule has 96 valence electrons. The van der Waals surface area contributed by atoms with Crippen LogP contribution in [0.25, 0.3) is 0 Å². The summed E-state index contributed by atoms with van der Waals surface area (Å²) in [6.07, 6.45) is 1.55. The summed E-state index contributed by atoms with van der Waals surface area (Å²) in [5.41, 5.74) is 2.18. The summed E-state index contributed by atoms with van der Waals surface area (Å²) in [7, 11) is 0. The molecule has 0 spiro atoms. The van der Waals surface area contributed by atoms with Crippen molar-refractivity contribution in [3.8, 4) is 0 Å². The Morgan fingerprint density at radius 1 is 1.37 bits per heavy atom. The summed E-state index contributed by atoms with van der Waals surface area (Å²) >= 11 is 0. The van der Waals surface area contributed by atoms with Crippen molar-refractivity contribution < 1.29 is 60.5 Å². The van der Waals surface area contributed by atoms with Gasteiger partial charge in [-0.3, -0.25) is 27.3 Å². The molecule has 2 rings (SSSR count). The summed E-state index contributed by atoms with van der Waals surface area (Å²) in [6.45, 7) is 5.48. The van der Waals surface area contributed by atoms with E-state index in [1.54, 1.807) is 19.2 Å². The molecular weight excluding hydrogens is 356 g/mol. The Morgan fingerprint density at radius 3 is 2.58 bits per heavy atom. The van der Waals surface area contributed by atoms with Crippen molar-refractivity contribution in [2.45, 2.75) is 20.8 Å². The van der Waals surface area contributed by atoms with Gasteiger partial charge in [-0.15, -0.1) is 0 Å². The molecule has 0 aliphatic carbocycles. The third-order valence-corrected chi connectivity index (χ3v) is 2.30. The predicted octanol–water partition coefficient (Wildman–Crippen LogP) is 2.45. The maximum atomic E-state index is 11.9. The van der Waals surface area contributed by atoms with Crippen LogP contribution in [-0.4, -0.2) is 10.9 Å². The van der Waals surface area contributed by atoms with E-state index in [0.717, 1.165) is 11.1 Å². The van der Waals surface area contributed by atoms with Crippen molar-refractivity contribution >= 4 is 11.9 Å². The van der Waals surface area contributed by atoms with Crippen LogP contribution in [-0.2, 0) is 51.3 Å². The van der Waals surface area contributed by atoms with Crippen LogP contribution < -0.4 is 5.32 Å². The average molecular weight is 368 g/mol. The SMILES string of the molecule is Cc1[c-]cc(C(=O)Nc2ncc(C)o2)c(C)[c-]1.[V].[Y]. The smallest absolute Gasteiger partial charge is 0.300 e. The molecule has 0 aliphatic rings. The van der Waals surface area contributed by atoms with Gasteiger partial charge in [-0.05, 0) is 6.92 Å². The van der Waals surface area contributed by atoms with Crippen molar-refractivity contribution in [2.75, 3.05) is 5.32 Å². The molecule has 4 nitrogen and oxygen atoms in total. The summed E-state index contributed by atoms with van der Waals surface area (Å²) < 4.78 is 5.18. The molecule has 1 amide bonds. The van der Waals surface area contributed by atoms with Crippen LogP contribution in [0, 0.1) is 32.9 Å². The van der Waals surface area contributed by atoms with Crippen LogP contribution >= 0.6 is 0 Å². The normalized spacial score (nSPS) is 9.21. The van der Waals surface area contributed by atoms with Crippen molar-refractivity contribution in [3.63, 3.8) is 0 Å². The average Bonchev–Trinajstić information content (AvgIpc) is 2.63. The number of rotatable bonds is 2. The van der Waals surface area contributed by atoms with E-state index in [9.17, 15) is 4.79 Å². The van der Waals surface area contributed by atoms with Gasteiger partial charge in [-0.1, -0.05) is 13.8 Å². The van der Waals surface area contributed by atoms with Gasteiger partial charge in [-0.2, -0.15) is 5.56 Å². The molecule has 0 saturated carbocycles. The zero-order chi connectivity index (χ0) is 12.4. The first-order valence-corrected chi connectivity index (χ1v) is 5.21. The maximum absolute atomic E-state index is 11.9. The third-order valence-electron chi connectivity index (χ3n) is 2.30. The van der Waals surface area contributed by atoms with Crippen LogP contribution in [0.15, 0.2) is 16.7 Å². The quantitative estimate of drug-likeness (QED) is 0.829. The molecule has 1 aromatic heterocycles. The minimum Gasteiger partial charge on any atom is -0.429 e. The number of amides is 1. The molecule has 2 radical (unpaired) electrons.